The molecular weight excluding hydrogens is 256 g/mol. The second-order valence-electron chi connectivity index (χ2n) is 5.14. The van der Waals surface area contributed by atoms with Crippen LogP contribution in [-0.4, -0.2) is 36.4 Å². The van der Waals surface area contributed by atoms with Gasteiger partial charge in [0.1, 0.15) is 11.8 Å². The zero-order valence-electron chi connectivity index (χ0n) is 11.9. The highest BCUT2D eigenvalue weighted by Crippen LogP contribution is 2.23. The summed E-state index contributed by atoms with van der Waals surface area (Å²) in [5, 5.41) is 0. The molecule has 5 nitrogen and oxygen atoms in total. The lowest BCUT2D eigenvalue weighted by atomic mass is 10.1. The fourth-order valence-electron chi connectivity index (χ4n) is 2.67. The van der Waals surface area contributed by atoms with Gasteiger partial charge in [-0.05, 0) is 25.8 Å². The summed E-state index contributed by atoms with van der Waals surface area (Å²) in [6, 6.07) is 5.27. The Kier molecular flexibility index (Phi) is 4.27. The van der Waals surface area contributed by atoms with E-state index in [0.29, 0.717) is 18.7 Å². The number of hydrogen-bond acceptors (Lipinski definition) is 3. The molecule has 1 aliphatic heterocycles. The second-order valence-corrected chi connectivity index (χ2v) is 5.14. The van der Waals surface area contributed by atoms with Crippen LogP contribution in [0.4, 0.5) is 0 Å². The number of rotatable bonds is 4. The number of carbonyl (C=O) groups excluding carboxylic acids is 2. The number of likely N-dealkylation sites (tertiary alicyclic amines) is 1. The van der Waals surface area contributed by atoms with Crippen LogP contribution in [0, 0.1) is 6.92 Å². The van der Waals surface area contributed by atoms with E-state index in [0.717, 1.165) is 17.5 Å². The Hall–Kier alpha value is -2.04. The Balaban J connectivity index is 2.15. The first-order chi connectivity index (χ1) is 9.52. The summed E-state index contributed by atoms with van der Waals surface area (Å²) in [5.74, 6) is 0.195. The van der Waals surface area contributed by atoms with Gasteiger partial charge in [0.2, 0.25) is 11.8 Å². The van der Waals surface area contributed by atoms with E-state index >= 15 is 0 Å². The molecule has 5 heteroatoms. The molecule has 1 saturated heterocycles. The number of nitrogens with two attached hydrogens (primary N) is 1. The molecule has 0 aromatic heterocycles. The molecule has 1 aliphatic rings. The Morgan fingerprint density at radius 2 is 2.20 bits per heavy atom. The van der Waals surface area contributed by atoms with Crippen molar-refractivity contribution in [1.82, 2.24) is 4.90 Å². The van der Waals surface area contributed by atoms with Crippen LogP contribution < -0.4 is 10.5 Å². The highest BCUT2D eigenvalue weighted by molar-refractivity contribution is 5.88. The van der Waals surface area contributed by atoms with Gasteiger partial charge < -0.3 is 15.4 Å². The largest absolute Gasteiger partial charge is 0.496 e. The molecule has 1 atom stereocenters. The smallest absolute Gasteiger partial charge is 0.240 e. The zero-order chi connectivity index (χ0) is 14.7. The number of carbonyl (C=O) groups is 2. The molecule has 0 bridgehead atoms. The Bertz CT molecular complexity index is 528. The maximum absolute atomic E-state index is 12.4. The van der Waals surface area contributed by atoms with E-state index in [9.17, 15) is 9.59 Å². The van der Waals surface area contributed by atoms with Crippen LogP contribution in [0.15, 0.2) is 18.2 Å². The molecule has 2 rings (SSSR count). The predicted molar refractivity (Wildman–Crippen MR) is 75.4 cm³/mol. The van der Waals surface area contributed by atoms with E-state index < -0.39 is 11.9 Å². The van der Waals surface area contributed by atoms with Crippen LogP contribution in [0.5, 0.6) is 5.75 Å². The van der Waals surface area contributed by atoms with Crippen molar-refractivity contribution in [1.29, 1.82) is 0 Å². The molecule has 0 spiro atoms. The SMILES string of the molecule is COc1ccc(C)cc1CC(=O)N1CCC[C@H]1C(N)=O. The standard InChI is InChI=1S/C15H20N2O3/c1-10-5-6-13(20-2)11(8-10)9-14(18)17-7-3-4-12(17)15(16)19/h5-6,8,12H,3-4,7,9H2,1-2H3,(H2,16,19)/t12-/m0/s1. The van der Waals surface area contributed by atoms with E-state index in [-0.39, 0.29) is 12.3 Å². The molecule has 0 unspecified atom stereocenters. The van der Waals surface area contributed by atoms with E-state index in [1.165, 1.54) is 0 Å². The Morgan fingerprint density at radius 3 is 2.85 bits per heavy atom. The van der Waals surface area contributed by atoms with Crippen LogP contribution >= 0.6 is 0 Å². The van der Waals surface area contributed by atoms with Crippen molar-refractivity contribution in [2.24, 2.45) is 5.73 Å². The van der Waals surface area contributed by atoms with Crippen molar-refractivity contribution in [2.45, 2.75) is 32.2 Å². The van der Waals surface area contributed by atoms with Crippen molar-refractivity contribution in [3.05, 3.63) is 29.3 Å². The fraction of sp³-hybridized carbons (Fsp3) is 0.467. The van der Waals surface area contributed by atoms with Gasteiger partial charge in [0, 0.05) is 12.1 Å². The quantitative estimate of drug-likeness (QED) is 0.892. The van der Waals surface area contributed by atoms with Crippen LogP contribution in [0.25, 0.3) is 0 Å². The fourth-order valence-corrected chi connectivity index (χ4v) is 2.67. The predicted octanol–water partition coefficient (Wildman–Crippen LogP) is 1.02. The third kappa shape index (κ3) is 2.92. The molecule has 108 valence electrons. The number of aryl methyl sites for hydroxylation is 1. The molecular formula is C15H20N2O3. The summed E-state index contributed by atoms with van der Waals surface area (Å²) in [6.07, 6.45) is 1.71. The highest BCUT2D eigenvalue weighted by atomic mass is 16.5. The summed E-state index contributed by atoms with van der Waals surface area (Å²) in [7, 11) is 1.58. The number of amides is 2. The van der Waals surface area contributed by atoms with Crippen molar-refractivity contribution in [3.63, 3.8) is 0 Å². The summed E-state index contributed by atoms with van der Waals surface area (Å²) in [5.41, 5.74) is 7.25. The maximum atomic E-state index is 12.4. The van der Waals surface area contributed by atoms with Crippen LogP contribution in [0.2, 0.25) is 0 Å². The topological polar surface area (TPSA) is 72.6 Å². The van der Waals surface area contributed by atoms with Gasteiger partial charge in [0.05, 0.1) is 13.5 Å². The minimum absolute atomic E-state index is 0.0739. The lowest BCUT2D eigenvalue weighted by molar-refractivity contribution is -0.136. The minimum Gasteiger partial charge on any atom is -0.496 e. The molecule has 1 aromatic rings. The number of nitrogens with zero attached hydrogens (tertiary/aromatic N) is 1. The van der Waals surface area contributed by atoms with Gasteiger partial charge in [-0.3, -0.25) is 9.59 Å². The highest BCUT2D eigenvalue weighted by Gasteiger charge is 2.32. The van der Waals surface area contributed by atoms with Crippen molar-refractivity contribution >= 4 is 11.8 Å². The molecule has 1 heterocycles. The molecule has 0 saturated carbocycles. The summed E-state index contributed by atoms with van der Waals surface area (Å²) >= 11 is 0. The summed E-state index contributed by atoms with van der Waals surface area (Å²) < 4.78 is 5.28. The average molecular weight is 276 g/mol. The van der Waals surface area contributed by atoms with E-state index in [4.69, 9.17) is 10.5 Å². The number of methoxy groups -OCH3 is 1. The zero-order valence-corrected chi connectivity index (χ0v) is 11.9. The van der Waals surface area contributed by atoms with Crippen molar-refractivity contribution in [2.75, 3.05) is 13.7 Å². The number of hydrogen-bond donors (Lipinski definition) is 1. The number of primary amides is 1. The van der Waals surface area contributed by atoms with Gasteiger partial charge >= 0.3 is 0 Å². The van der Waals surface area contributed by atoms with Gasteiger partial charge in [0.25, 0.3) is 0 Å². The first kappa shape index (κ1) is 14.4. The van der Waals surface area contributed by atoms with E-state index in [2.05, 4.69) is 0 Å². The van der Waals surface area contributed by atoms with Crippen LogP contribution in [-0.2, 0) is 16.0 Å². The lowest BCUT2D eigenvalue weighted by Gasteiger charge is -2.22. The van der Waals surface area contributed by atoms with Gasteiger partial charge in [-0.15, -0.1) is 0 Å². The van der Waals surface area contributed by atoms with Crippen molar-refractivity contribution < 1.29 is 14.3 Å². The van der Waals surface area contributed by atoms with Gasteiger partial charge in [-0.1, -0.05) is 17.7 Å². The van der Waals surface area contributed by atoms with Crippen molar-refractivity contribution in [3.8, 4) is 5.75 Å². The minimum atomic E-state index is -0.460. The summed E-state index contributed by atoms with van der Waals surface area (Å²) in [4.78, 5) is 25.3. The molecule has 2 amide bonds. The maximum Gasteiger partial charge on any atom is 0.240 e. The van der Waals surface area contributed by atoms with Crippen LogP contribution in [0.3, 0.4) is 0 Å². The van der Waals surface area contributed by atoms with Gasteiger partial charge in [-0.2, -0.15) is 0 Å². The lowest BCUT2D eigenvalue weighted by Crippen LogP contribution is -2.44. The normalized spacial score (nSPS) is 18.1. The molecule has 1 fully saturated rings. The van der Waals surface area contributed by atoms with Gasteiger partial charge in [-0.25, -0.2) is 0 Å². The average Bonchev–Trinajstić information content (AvgIpc) is 2.88. The number of benzene rings is 1. The van der Waals surface area contributed by atoms with Gasteiger partial charge in [0.15, 0.2) is 0 Å². The Labute approximate surface area is 118 Å². The molecule has 0 aliphatic carbocycles. The summed E-state index contributed by atoms with van der Waals surface area (Å²) in [6.45, 7) is 2.57. The van der Waals surface area contributed by atoms with Crippen LogP contribution in [0.1, 0.15) is 24.0 Å². The second kappa shape index (κ2) is 5.94. The van der Waals surface area contributed by atoms with E-state index in [1.54, 1.807) is 12.0 Å². The Morgan fingerprint density at radius 1 is 1.45 bits per heavy atom. The molecule has 0 radical (unpaired) electrons. The number of ether oxygens (including phenoxy) is 1. The molecule has 1 aromatic carbocycles. The first-order valence-electron chi connectivity index (χ1n) is 6.75. The van der Waals surface area contributed by atoms with E-state index in [1.807, 2.05) is 25.1 Å². The monoisotopic (exact) mass is 276 g/mol. The molecule has 2 N–H and O–H groups in total. The third-order valence-electron chi connectivity index (χ3n) is 3.68. The first-order valence-corrected chi connectivity index (χ1v) is 6.75. The third-order valence-corrected chi connectivity index (χ3v) is 3.68. The molecule has 20 heavy (non-hydrogen) atoms.